The molecule has 2 aliphatic rings. The van der Waals surface area contributed by atoms with Gasteiger partial charge in [0.05, 0.1) is 23.9 Å². The Bertz CT molecular complexity index is 1020. The monoisotopic (exact) mass is 452 g/mol. The lowest BCUT2D eigenvalue weighted by molar-refractivity contribution is -0.0435. The van der Waals surface area contributed by atoms with Crippen molar-refractivity contribution in [2.75, 3.05) is 42.7 Å². The lowest BCUT2D eigenvalue weighted by Gasteiger charge is -2.30. The van der Waals surface area contributed by atoms with Gasteiger partial charge in [0.25, 0.3) is 0 Å². The minimum atomic E-state index is -3.67. The van der Waals surface area contributed by atoms with E-state index < -0.39 is 15.8 Å². The summed E-state index contributed by atoms with van der Waals surface area (Å²) in [6, 6.07) is 5.17. The molecule has 2 fully saturated rings. The number of nitrogens with zero attached hydrogens (tertiary/aromatic N) is 3. The van der Waals surface area contributed by atoms with E-state index in [1.807, 2.05) is 6.07 Å². The third-order valence-corrected chi connectivity index (χ3v) is 7.79. The van der Waals surface area contributed by atoms with Crippen LogP contribution in [0.4, 0.5) is 20.4 Å². The molecule has 0 amide bonds. The molecule has 2 heterocycles. The topological polar surface area (TPSA) is 98.4 Å². The van der Waals surface area contributed by atoms with Gasteiger partial charge in [0.2, 0.25) is 11.9 Å². The average molecular weight is 453 g/mol. The van der Waals surface area contributed by atoms with Crippen LogP contribution in [0.25, 0.3) is 11.1 Å². The van der Waals surface area contributed by atoms with E-state index in [1.54, 1.807) is 24.5 Å². The molecule has 1 aromatic heterocycles. The molecule has 10 heteroatoms. The van der Waals surface area contributed by atoms with Crippen LogP contribution < -0.4 is 10.6 Å². The first-order valence-electron chi connectivity index (χ1n) is 10.4. The number of hydrogen-bond acceptors (Lipinski definition) is 7. The molecule has 2 N–H and O–H groups in total. The highest BCUT2D eigenvalue weighted by molar-refractivity contribution is 7.91. The molecule has 1 saturated carbocycles. The summed E-state index contributed by atoms with van der Waals surface area (Å²) in [7, 11) is -3.67. The normalized spacial score (nSPS) is 20.0. The van der Waals surface area contributed by atoms with Gasteiger partial charge in [-0.2, -0.15) is 0 Å². The number of morpholine rings is 1. The standard InChI is InChI=1S/C21H26F2N4O3S/c22-21(23)3-1-15(2-4-21)14-31(28,29)19-10-16(17-12-25-20(24)26-13-17)9-18(11-19)27-5-7-30-8-6-27/h9-13,15H,1-8,14H2,(H2,24,25,26). The summed E-state index contributed by atoms with van der Waals surface area (Å²) in [5.41, 5.74) is 7.67. The number of anilines is 2. The van der Waals surface area contributed by atoms with Crippen LogP contribution in [0.2, 0.25) is 0 Å². The van der Waals surface area contributed by atoms with E-state index in [4.69, 9.17) is 10.5 Å². The Labute approximate surface area is 180 Å². The minimum absolute atomic E-state index is 0.132. The van der Waals surface area contributed by atoms with Gasteiger partial charge in [-0.3, -0.25) is 0 Å². The molecular formula is C21H26F2N4O3S. The van der Waals surface area contributed by atoms with Crippen LogP contribution in [0, 0.1) is 5.92 Å². The Morgan fingerprint density at radius 2 is 1.71 bits per heavy atom. The third-order valence-electron chi connectivity index (χ3n) is 5.92. The fraction of sp³-hybridized carbons (Fsp3) is 0.524. The van der Waals surface area contributed by atoms with Gasteiger partial charge in [0.1, 0.15) is 0 Å². The van der Waals surface area contributed by atoms with Crippen molar-refractivity contribution in [3.63, 3.8) is 0 Å². The summed E-state index contributed by atoms with van der Waals surface area (Å²) in [6.07, 6.45) is 3.03. The zero-order valence-corrected chi connectivity index (χ0v) is 18.0. The molecule has 0 radical (unpaired) electrons. The molecule has 7 nitrogen and oxygen atoms in total. The van der Waals surface area contributed by atoms with Crippen LogP contribution in [0.1, 0.15) is 25.7 Å². The van der Waals surface area contributed by atoms with Gasteiger partial charge in [-0.1, -0.05) is 0 Å². The first-order valence-corrected chi connectivity index (χ1v) is 12.0. The highest BCUT2D eigenvalue weighted by Gasteiger charge is 2.36. The molecule has 0 unspecified atom stereocenters. The van der Waals surface area contributed by atoms with Crippen molar-refractivity contribution in [1.82, 2.24) is 9.97 Å². The number of nitrogens with two attached hydrogens (primary N) is 1. The van der Waals surface area contributed by atoms with Gasteiger partial charge in [-0.05, 0) is 42.5 Å². The SMILES string of the molecule is Nc1ncc(-c2cc(N3CCOCC3)cc(S(=O)(=O)CC3CCC(F)(F)CC3)c2)cn1. The van der Waals surface area contributed by atoms with Crippen molar-refractivity contribution in [3.05, 3.63) is 30.6 Å². The molecule has 4 rings (SSSR count). The maximum atomic E-state index is 13.5. The highest BCUT2D eigenvalue weighted by Crippen LogP contribution is 2.38. The summed E-state index contributed by atoms with van der Waals surface area (Å²) in [6.45, 7) is 2.43. The zero-order chi connectivity index (χ0) is 22.1. The van der Waals surface area contributed by atoms with Crippen molar-refractivity contribution in [2.24, 2.45) is 5.92 Å². The molecule has 0 atom stereocenters. The highest BCUT2D eigenvalue weighted by atomic mass is 32.2. The van der Waals surface area contributed by atoms with Crippen molar-refractivity contribution in [3.8, 4) is 11.1 Å². The first-order chi connectivity index (χ1) is 14.7. The predicted molar refractivity (Wildman–Crippen MR) is 114 cm³/mol. The first kappa shape index (κ1) is 21.9. The summed E-state index contributed by atoms with van der Waals surface area (Å²) < 4.78 is 58.9. The fourth-order valence-electron chi connectivity index (χ4n) is 4.09. The van der Waals surface area contributed by atoms with Gasteiger partial charge >= 0.3 is 0 Å². The van der Waals surface area contributed by atoms with Crippen molar-refractivity contribution in [2.45, 2.75) is 36.5 Å². The van der Waals surface area contributed by atoms with Crippen molar-refractivity contribution >= 4 is 21.5 Å². The second kappa shape index (κ2) is 8.66. The van der Waals surface area contributed by atoms with Crippen LogP contribution in [-0.2, 0) is 14.6 Å². The van der Waals surface area contributed by atoms with E-state index in [1.165, 1.54) is 0 Å². The van der Waals surface area contributed by atoms with E-state index in [-0.39, 0.29) is 48.2 Å². The molecule has 168 valence electrons. The number of ether oxygens (including phenoxy) is 1. The molecule has 1 aromatic carbocycles. The Balaban J connectivity index is 1.66. The van der Waals surface area contributed by atoms with Crippen LogP contribution in [0.5, 0.6) is 0 Å². The van der Waals surface area contributed by atoms with E-state index in [9.17, 15) is 17.2 Å². The third kappa shape index (κ3) is 5.30. The maximum absolute atomic E-state index is 13.5. The van der Waals surface area contributed by atoms with Crippen LogP contribution in [0.3, 0.4) is 0 Å². The summed E-state index contributed by atoms with van der Waals surface area (Å²) in [5, 5.41) is 0. The Kier molecular flexibility index (Phi) is 6.11. The minimum Gasteiger partial charge on any atom is -0.378 e. The molecule has 0 bridgehead atoms. The summed E-state index contributed by atoms with van der Waals surface area (Å²) in [5.74, 6) is -2.94. The molecule has 0 spiro atoms. The summed E-state index contributed by atoms with van der Waals surface area (Å²) >= 11 is 0. The van der Waals surface area contributed by atoms with E-state index in [0.29, 0.717) is 37.4 Å². The van der Waals surface area contributed by atoms with Crippen molar-refractivity contribution < 1.29 is 21.9 Å². The molecule has 1 aliphatic heterocycles. The molecular weight excluding hydrogens is 426 g/mol. The van der Waals surface area contributed by atoms with E-state index >= 15 is 0 Å². The lowest BCUT2D eigenvalue weighted by atomic mass is 9.88. The summed E-state index contributed by atoms with van der Waals surface area (Å²) in [4.78, 5) is 10.3. The second-order valence-corrected chi connectivity index (χ2v) is 10.3. The molecule has 1 saturated heterocycles. The predicted octanol–water partition coefficient (Wildman–Crippen LogP) is 3.16. The second-order valence-electron chi connectivity index (χ2n) is 8.23. The van der Waals surface area contributed by atoms with Crippen molar-refractivity contribution in [1.29, 1.82) is 0 Å². The number of benzene rings is 1. The smallest absolute Gasteiger partial charge is 0.248 e. The number of halogens is 2. The Morgan fingerprint density at radius 3 is 2.35 bits per heavy atom. The van der Waals surface area contributed by atoms with Gasteiger partial charge < -0.3 is 15.4 Å². The number of sulfone groups is 1. The lowest BCUT2D eigenvalue weighted by Crippen LogP contribution is -2.36. The molecule has 31 heavy (non-hydrogen) atoms. The maximum Gasteiger partial charge on any atom is 0.248 e. The van der Waals surface area contributed by atoms with Gasteiger partial charge in [0.15, 0.2) is 9.84 Å². The molecule has 1 aliphatic carbocycles. The number of alkyl halides is 2. The fourth-order valence-corrected chi connectivity index (χ4v) is 5.85. The largest absolute Gasteiger partial charge is 0.378 e. The number of rotatable bonds is 5. The number of aromatic nitrogens is 2. The van der Waals surface area contributed by atoms with Crippen LogP contribution in [0.15, 0.2) is 35.5 Å². The van der Waals surface area contributed by atoms with Gasteiger partial charge in [0, 0.05) is 49.6 Å². The quantitative estimate of drug-likeness (QED) is 0.744. The average Bonchev–Trinajstić information content (AvgIpc) is 2.76. The Morgan fingerprint density at radius 1 is 1.06 bits per heavy atom. The zero-order valence-electron chi connectivity index (χ0n) is 17.1. The van der Waals surface area contributed by atoms with Crippen LogP contribution in [-0.4, -0.2) is 56.4 Å². The van der Waals surface area contributed by atoms with Gasteiger partial charge in [-0.25, -0.2) is 27.2 Å². The van der Waals surface area contributed by atoms with Gasteiger partial charge in [-0.15, -0.1) is 0 Å². The number of hydrogen-bond donors (Lipinski definition) is 1. The number of nitrogen functional groups attached to an aromatic ring is 1. The molecule has 2 aromatic rings. The Hall–Kier alpha value is -2.33. The van der Waals surface area contributed by atoms with E-state index in [2.05, 4.69) is 14.9 Å². The van der Waals surface area contributed by atoms with Crippen LogP contribution >= 0.6 is 0 Å². The van der Waals surface area contributed by atoms with E-state index in [0.717, 1.165) is 5.69 Å².